The number of carboxylic acid groups (broad SMARTS) is 1. The third-order valence-corrected chi connectivity index (χ3v) is 5.09. The van der Waals surface area contributed by atoms with Crippen molar-refractivity contribution in [2.75, 3.05) is 25.5 Å². The van der Waals surface area contributed by atoms with Gasteiger partial charge in [0, 0.05) is 26.3 Å². The highest BCUT2D eigenvalue weighted by Gasteiger charge is 2.27. The minimum Gasteiger partial charge on any atom is -0.479 e. The number of nitrogens with zero attached hydrogens (tertiary/aromatic N) is 7. The van der Waals surface area contributed by atoms with Crippen molar-refractivity contribution in [1.29, 1.82) is 0 Å². The molecule has 3 aromatic heterocycles. The zero-order valence-electron chi connectivity index (χ0n) is 17.1. The number of rotatable bonds is 5. The van der Waals surface area contributed by atoms with Crippen LogP contribution in [0.5, 0.6) is 5.88 Å². The smallest absolute Gasteiger partial charge is 0.407 e. The van der Waals surface area contributed by atoms with Crippen LogP contribution in [0.25, 0.3) is 11.5 Å². The normalized spacial score (nSPS) is 16.2. The van der Waals surface area contributed by atoms with Gasteiger partial charge >= 0.3 is 6.09 Å². The summed E-state index contributed by atoms with van der Waals surface area (Å²) >= 11 is 0. The Morgan fingerprint density at radius 2 is 2.16 bits per heavy atom. The number of aryl methyl sites for hydroxylation is 1. The van der Waals surface area contributed by atoms with Crippen molar-refractivity contribution in [1.82, 2.24) is 34.4 Å². The van der Waals surface area contributed by atoms with Crippen LogP contribution < -0.4 is 10.1 Å². The molecule has 0 spiro atoms. The number of pyridine rings is 1. The zero-order chi connectivity index (χ0) is 22.0. The van der Waals surface area contributed by atoms with Crippen molar-refractivity contribution < 1.29 is 19.4 Å². The number of amides is 2. The van der Waals surface area contributed by atoms with Gasteiger partial charge in [-0.25, -0.2) is 9.78 Å². The largest absolute Gasteiger partial charge is 0.479 e. The molecule has 0 aliphatic carbocycles. The van der Waals surface area contributed by atoms with Crippen LogP contribution >= 0.6 is 0 Å². The molecular weight excluding hydrogens is 404 g/mol. The number of anilines is 1. The molecule has 1 aliphatic heterocycles. The summed E-state index contributed by atoms with van der Waals surface area (Å²) in [6.45, 7) is 0.873. The first-order chi connectivity index (χ1) is 15.0. The number of hydrogen-bond donors (Lipinski definition) is 2. The lowest BCUT2D eigenvalue weighted by Gasteiger charge is -2.31. The maximum Gasteiger partial charge on any atom is 0.407 e. The lowest BCUT2D eigenvalue weighted by atomic mass is 10.1. The molecule has 0 radical (unpaired) electrons. The second-order valence-corrected chi connectivity index (χ2v) is 7.17. The minimum atomic E-state index is -0.937. The lowest BCUT2D eigenvalue weighted by molar-refractivity contribution is 0.102. The van der Waals surface area contributed by atoms with Crippen LogP contribution in [0, 0.1) is 0 Å². The Balaban J connectivity index is 1.56. The third-order valence-electron chi connectivity index (χ3n) is 5.09. The molecule has 1 atom stereocenters. The molecule has 0 aromatic carbocycles. The lowest BCUT2D eigenvalue weighted by Crippen LogP contribution is -2.39. The van der Waals surface area contributed by atoms with E-state index in [-0.39, 0.29) is 17.5 Å². The molecule has 162 valence electrons. The summed E-state index contributed by atoms with van der Waals surface area (Å²) in [4.78, 5) is 29.9. The number of piperidine rings is 1. The first kappa shape index (κ1) is 20.3. The number of nitrogens with one attached hydrogen (secondary N) is 1. The molecule has 2 N–H and O–H groups in total. The topological polar surface area (TPSA) is 140 Å². The molecule has 1 fully saturated rings. The van der Waals surface area contributed by atoms with Gasteiger partial charge in [-0.1, -0.05) is 6.07 Å². The van der Waals surface area contributed by atoms with Gasteiger partial charge < -0.3 is 24.6 Å². The van der Waals surface area contributed by atoms with Crippen LogP contribution in [0.4, 0.5) is 10.6 Å². The van der Waals surface area contributed by atoms with Gasteiger partial charge in [-0.15, -0.1) is 15.3 Å². The third kappa shape index (κ3) is 4.17. The molecule has 3 aromatic rings. The second kappa shape index (κ2) is 8.42. The number of likely N-dealkylation sites (tertiary alicyclic amines) is 1. The Hall–Kier alpha value is -3.96. The highest BCUT2D eigenvalue weighted by molar-refractivity contribution is 6.05. The molecule has 1 aliphatic rings. The molecule has 1 saturated heterocycles. The maximum absolute atomic E-state index is 12.6. The number of carbonyl (C=O) groups excluding carboxylic acids is 1. The first-order valence-corrected chi connectivity index (χ1v) is 9.70. The molecule has 12 heteroatoms. The summed E-state index contributed by atoms with van der Waals surface area (Å²) in [7, 11) is 3.14. The number of hydrogen-bond acceptors (Lipinski definition) is 7. The van der Waals surface area contributed by atoms with Gasteiger partial charge in [0.25, 0.3) is 5.91 Å². The molecular formula is C19H22N8O4. The van der Waals surface area contributed by atoms with Gasteiger partial charge in [0.15, 0.2) is 5.82 Å². The van der Waals surface area contributed by atoms with E-state index in [1.807, 2.05) is 4.57 Å². The van der Waals surface area contributed by atoms with E-state index < -0.39 is 12.0 Å². The number of carbonyl (C=O) groups is 2. The monoisotopic (exact) mass is 426 g/mol. The molecule has 2 amide bonds. The fraction of sp³-hybridized carbons (Fsp3) is 0.368. The van der Waals surface area contributed by atoms with Gasteiger partial charge in [-0.2, -0.15) is 0 Å². The Bertz CT molecular complexity index is 1110. The van der Waals surface area contributed by atoms with E-state index in [9.17, 15) is 14.7 Å². The standard InChI is InChI=1S/C19H22N8O4/c1-25-10-13(18(24-25)31-2)17(28)22-15-7-3-6-14(21-15)16-23-20-11-27(16)12-5-4-8-26(9-12)19(29)30/h3,6-7,10-12H,4-5,8-9H2,1-2H3,(H,29,30)(H,21,22,28)/t12-/m1/s1. The number of methoxy groups -OCH3 is 1. The molecule has 12 nitrogen and oxygen atoms in total. The predicted octanol–water partition coefficient (Wildman–Crippen LogP) is 1.65. The van der Waals surface area contributed by atoms with Crippen molar-refractivity contribution in [3.05, 3.63) is 36.3 Å². The average Bonchev–Trinajstić information content (AvgIpc) is 3.40. The van der Waals surface area contributed by atoms with E-state index in [0.29, 0.717) is 30.4 Å². The van der Waals surface area contributed by atoms with E-state index >= 15 is 0 Å². The Kier molecular flexibility index (Phi) is 5.52. The van der Waals surface area contributed by atoms with Gasteiger partial charge in [-0.3, -0.25) is 9.48 Å². The van der Waals surface area contributed by atoms with Crippen LogP contribution in [-0.2, 0) is 7.05 Å². The van der Waals surface area contributed by atoms with Crippen molar-refractivity contribution in [3.8, 4) is 17.4 Å². The highest BCUT2D eigenvalue weighted by Crippen LogP contribution is 2.27. The number of aromatic nitrogens is 6. The second-order valence-electron chi connectivity index (χ2n) is 7.17. The fourth-order valence-electron chi connectivity index (χ4n) is 3.64. The molecule has 0 bridgehead atoms. The quantitative estimate of drug-likeness (QED) is 0.627. The zero-order valence-corrected chi connectivity index (χ0v) is 17.1. The van der Waals surface area contributed by atoms with E-state index in [1.165, 1.54) is 16.7 Å². The fourth-order valence-corrected chi connectivity index (χ4v) is 3.64. The van der Waals surface area contributed by atoms with Crippen LogP contribution in [-0.4, -0.2) is 71.7 Å². The van der Waals surface area contributed by atoms with Crippen LogP contribution in [0.3, 0.4) is 0 Å². The van der Waals surface area contributed by atoms with Gasteiger partial charge in [0.2, 0.25) is 5.88 Å². The summed E-state index contributed by atoms with van der Waals surface area (Å²) in [6, 6.07) is 5.09. The minimum absolute atomic E-state index is 0.0884. The van der Waals surface area contributed by atoms with Crippen molar-refractivity contribution >= 4 is 17.8 Å². The van der Waals surface area contributed by atoms with Gasteiger partial charge in [0.1, 0.15) is 23.4 Å². The average molecular weight is 426 g/mol. The SMILES string of the molecule is COc1nn(C)cc1C(=O)Nc1cccc(-c2nncn2[C@@H]2CCCN(C(=O)O)C2)n1. The Labute approximate surface area is 177 Å². The van der Waals surface area contributed by atoms with E-state index in [2.05, 4.69) is 25.6 Å². The number of ether oxygens (including phenoxy) is 1. The van der Waals surface area contributed by atoms with Crippen molar-refractivity contribution in [2.24, 2.45) is 7.05 Å². The van der Waals surface area contributed by atoms with Crippen LogP contribution in [0.1, 0.15) is 29.2 Å². The summed E-state index contributed by atoms with van der Waals surface area (Å²) < 4.78 is 8.47. The Morgan fingerprint density at radius 3 is 2.94 bits per heavy atom. The van der Waals surface area contributed by atoms with Crippen molar-refractivity contribution in [2.45, 2.75) is 18.9 Å². The highest BCUT2D eigenvalue weighted by atomic mass is 16.5. The van der Waals surface area contributed by atoms with E-state index in [4.69, 9.17) is 4.74 Å². The Morgan fingerprint density at radius 1 is 1.32 bits per heavy atom. The molecule has 4 rings (SSSR count). The van der Waals surface area contributed by atoms with Gasteiger partial charge in [0.05, 0.1) is 13.2 Å². The summed E-state index contributed by atoms with van der Waals surface area (Å²) in [6.07, 6.45) is 3.77. The summed E-state index contributed by atoms with van der Waals surface area (Å²) in [5, 5.41) is 24.3. The molecule has 0 saturated carbocycles. The summed E-state index contributed by atoms with van der Waals surface area (Å²) in [5.41, 5.74) is 0.803. The predicted molar refractivity (Wildman–Crippen MR) is 109 cm³/mol. The van der Waals surface area contributed by atoms with Crippen LogP contribution in [0.2, 0.25) is 0 Å². The van der Waals surface area contributed by atoms with Gasteiger partial charge in [-0.05, 0) is 25.0 Å². The summed E-state index contributed by atoms with van der Waals surface area (Å²) in [5.74, 6) is 0.655. The molecule has 0 unspecified atom stereocenters. The van der Waals surface area contributed by atoms with Crippen LogP contribution in [0.15, 0.2) is 30.7 Å². The molecule has 31 heavy (non-hydrogen) atoms. The van der Waals surface area contributed by atoms with Crippen molar-refractivity contribution in [3.63, 3.8) is 0 Å². The maximum atomic E-state index is 12.6. The molecule has 4 heterocycles. The van der Waals surface area contributed by atoms with E-state index in [0.717, 1.165) is 12.8 Å². The van der Waals surface area contributed by atoms with E-state index in [1.54, 1.807) is 37.8 Å². The first-order valence-electron chi connectivity index (χ1n) is 9.70.